The van der Waals surface area contributed by atoms with Crippen molar-refractivity contribution < 1.29 is 4.79 Å². The van der Waals surface area contributed by atoms with E-state index in [0.29, 0.717) is 11.6 Å². The van der Waals surface area contributed by atoms with Gasteiger partial charge in [0.15, 0.2) is 5.78 Å². The van der Waals surface area contributed by atoms with E-state index in [0.717, 1.165) is 49.6 Å². The Hall–Kier alpha value is -3.25. The molecule has 0 unspecified atom stereocenters. The van der Waals surface area contributed by atoms with Crippen LogP contribution in [0.4, 0.5) is 11.8 Å². The Morgan fingerprint density at radius 2 is 1.83 bits per heavy atom. The second-order valence-corrected chi connectivity index (χ2v) is 7.81. The molecule has 6 heteroatoms. The minimum absolute atomic E-state index is 0.0273. The molecule has 3 aromatic rings. The molecule has 30 heavy (non-hydrogen) atoms. The van der Waals surface area contributed by atoms with Crippen LogP contribution in [0.1, 0.15) is 35.7 Å². The van der Waals surface area contributed by atoms with Crippen molar-refractivity contribution in [1.82, 2.24) is 14.9 Å². The van der Waals surface area contributed by atoms with Crippen molar-refractivity contribution >= 4 is 17.5 Å². The molecule has 0 bridgehead atoms. The first kappa shape index (κ1) is 20.0. The second kappa shape index (κ2) is 9.05. The fraction of sp³-hybridized carbons (Fsp3) is 0.292. The van der Waals surface area contributed by atoms with Crippen LogP contribution in [0.25, 0.3) is 11.3 Å². The average Bonchev–Trinajstić information content (AvgIpc) is 2.75. The molecule has 1 aromatic heterocycles. The van der Waals surface area contributed by atoms with E-state index in [1.807, 2.05) is 24.3 Å². The predicted molar refractivity (Wildman–Crippen MR) is 120 cm³/mol. The number of rotatable bonds is 6. The zero-order valence-corrected chi connectivity index (χ0v) is 17.2. The van der Waals surface area contributed by atoms with Gasteiger partial charge in [0.1, 0.15) is 5.82 Å². The third kappa shape index (κ3) is 5.02. The molecule has 0 spiro atoms. The molecule has 6 nitrogen and oxygen atoms in total. The minimum Gasteiger partial charge on any atom is -0.368 e. The van der Waals surface area contributed by atoms with Crippen LogP contribution in [0.5, 0.6) is 0 Å². The molecule has 0 aliphatic carbocycles. The monoisotopic (exact) mass is 401 g/mol. The summed E-state index contributed by atoms with van der Waals surface area (Å²) in [6.07, 6.45) is 2.10. The third-order valence-electron chi connectivity index (χ3n) is 5.50. The van der Waals surface area contributed by atoms with Gasteiger partial charge in [0.25, 0.3) is 0 Å². The van der Waals surface area contributed by atoms with E-state index in [1.54, 1.807) is 13.0 Å². The summed E-state index contributed by atoms with van der Waals surface area (Å²) in [6.45, 7) is 4.64. The lowest BCUT2D eigenvalue weighted by Gasteiger charge is -2.32. The van der Waals surface area contributed by atoms with Gasteiger partial charge in [-0.15, -0.1) is 0 Å². The van der Waals surface area contributed by atoms with Crippen molar-refractivity contribution in [2.45, 2.75) is 32.4 Å². The lowest BCUT2D eigenvalue weighted by Crippen LogP contribution is -2.38. The molecule has 2 aromatic carbocycles. The molecule has 154 valence electrons. The molecule has 1 saturated heterocycles. The summed E-state index contributed by atoms with van der Waals surface area (Å²) in [5, 5.41) is 3.53. The lowest BCUT2D eigenvalue weighted by molar-refractivity contribution is 0.101. The molecule has 2 heterocycles. The first-order valence-electron chi connectivity index (χ1n) is 10.4. The molecule has 1 fully saturated rings. The fourth-order valence-electron chi connectivity index (χ4n) is 3.87. The van der Waals surface area contributed by atoms with Crippen molar-refractivity contribution in [3.63, 3.8) is 0 Å². The van der Waals surface area contributed by atoms with E-state index in [1.165, 1.54) is 5.56 Å². The van der Waals surface area contributed by atoms with Crippen molar-refractivity contribution in [2.24, 2.45) is 0 Å². The van der Waals surface area contributed by atoms with Crippen LogP contribution >= 0.6 is 0 Å². The maximum Gasteiger partial charge on any atom is 0.222 e. The maximum atomic E-state index is 11.7. The fourth-order valence-corrected chi connectivity index (χ4v) is 3.87. The SMILES string of the molecule is CC(=O)c1cccc(-c2cc(NC3CCN(Cc4ccccc4)CC3)nc(N)n2)c1. The number of nitrogens with one attached hydrogen (secondary N) is 1. The quantitative estimate of drug-likeness (QED) is 0.607. The van der Waals surface area contributed by atoms with Crippen molar-refractivity contribution in [1.29, 1.82) is 0 Å². The summed E-state index contributed by atoms with van der Waals surface area (Å²) in [5.41, 5.74) is 9.56. The largest absolute Gasteiger partial charge is 0.368 e. The Bertz CT molecular complexity index is 1010. The highest BCUT2D eigenvalue weighted by molar-refractivity contribution is 5.95. The van der Waals surface area contributed by atoms with Crippen LogP contribution in [-0.2, 0) is 6.54 Å². The van der Waals surface area contributed by atoms with Crippen LogP contribution in [0.3, 0.4) is 0 Å². The Balaban J connectivity index is 1.41. The normalized spacial score (nSPS) is 15.1. The summed E-state index contributed by atoms with van der Waals surface area (Å²) in [5.74, 6) is 0.983. The van der Waals surface area contributed by atoms with Crippen LogP contribution in [0.15, 0.2) is 60.7 Å². The zero-order valence-electron chi connectivity index (χ0n) is 17.2. The van der Waals surface area contributed by atoms with E-state index in [9.17, 15) is 4.79 Å². The lowest BCUT2D eigenvalue weighted by atomic mass is 10.0. The Morgan fingerprint density at radius 1 is 1.07 bits per heavy atom. The minimum atomic E-state index is 0.0273. The standard InChI is InChI=1S/C24H27N5O/c1-17(30)19-8-5-9-20(14-19)22-15-23(28-24(25)27-22)26-21-10-12-29(13-11-21)16-18-6-3-2-4-7-18/h2-9,14-15,21H,10-13,16H2,1H3,(H3,25,26,27,28). The van der Waals surface area contributed by atoms with E-state index in [-0.39, 0.29) is 11.7 Å². The van der Waals surface area contributed by atoms with Gasteiger partial charge >= 0.3 is 0 Å². The first-order chi connectivity index (χ1) is 14.6. The number of hydrogen-bond donors (Lipinski definition) is 2. The molecule has 0 radical (unpaired) electrons. The molecule has 3 N–H and O–H groups in total. The van der Waals surface area contributed by atoms with E-state index in [2.05, 4.69) is 50.5 Å². The van der Waals surface area contributed by atoms with E-state index in [4.69, 9.17) is 5.73 Å². The summed E-state index contributed by atoms with van der Waals surface area (Å²) < 4.78 is 0. The number of ketones is 1. The number of hydrogen-bond acceptors (Lipinski definition) is 6. The number of piperidine rings is 1. The number of aromatic nitrogens is 2. The molecule has 0 amide bonds. The van der Waals surface area contributed by atoms with Gasteiger partial charge in [-0.3, -0.25) is 9.69 Å². The van der Waals surface area contributed by atoms with Crippen LogP contribution in [0.2, 0.25) is 0 Å². The first-order valence-corrected chi connectivity index (χ1v) is 10.4. The summed E-state index contributed by atoms with van der Waals surface area (Å²) in [7, 11) is 0. The Labute approximate surface area is 177 Å². The maximum absolute atomic E-state index is 11.7. The number of nitrogens with two attached hydrogens (primary N) is 1. The van der Waals surface area contributed by atoms with Gasteiger partial charge in [-0.1, -0.05) is 48.5 Å². The van der Waals surface area contributed by atoms with Crippen LogP contribution in [-0.4, -0.2) is 39.8 Å². The highest BCUT2D eigenvalue weighted by Gasteiger charge is 2.20. The van der Waals surface area contributed by atoms with Gasteiger partial charge in [0, 0.05) is 42.9 Å². The topological polar surface area (TPSA) is 84.1 Å². The van der Waals surface area contributed by atoms with Crippen LogP contribution < -0.4 is 11.1 Å². The zero-order chi connectivity index (χ0) is 20.9. The average molecular weight is 402 g/mol. The number of Topliss-reactive ketones (excluding diaryl/α,β-unsaturated/α-hetero) is 1. The number of carbonyl (C=O) groups is 1. The van der Waals surface area contributed by atoms with Crippen LogP contribution in [0, 0.1) is 0 Å². The number of benzene rings is 2. The molecule has 1 aliphatic heterocycles. The molecule has 0 saturated carbocycles. The number of nitrogens with zero attached hydrogens (tertiary/aromatic N) is 3. The second-order valence-electron chi connectivity index (χ2n) is 7.81. The van der Waals surface area contributed by atoms with Gasteiger partial charge in [-0.05, 0) is 31.4 Å². The Morgan fingerprint density at radius 3 is 2.57 bits per heavy atom. The smallest absolute Gasteiger partial charge is 0.222 e. The summed E-state index contributed by atoms with van der Waals surface area (Å²) >= 11 is 0. The number of likely N-dealkylation sites (tertiary alicyclic amines) is 1. The van der Waals surface area contributed by atoms with Gasteiger partial charge in [0.2, 0.25) is 5.95 Å². The van der Waals surface area contributed by atoms with E-state index < -0.39 is 0 Å². The number of carbonyl (C=O) groups excluding carboxylic acids is 1. The highest BCUT2D eigenvalue weighted by Crippen LogP contribution is 2.24. The van der Waals surface area contributed by atoms with Gasteiger partial charge in [-0.25, -0.2) is 4.98 Å². The van der Waals surface area contributed by atoms with Gasteiger partial charge in [0.05, 0.1) is 5.69 Å². The highest BCUT2D eigenvalue weighted by atomic mass is 16.1. The third-order valence-corrected chi connectivity index (χ3v) is 5.50. The molecule has 4 rings (SSSR count). The summed E-state index contributed by atoms with van der Waals surface area (Å²) in [4.78, 5) is 22.9. The molecule has 1 aliphatic rings. The molecule has 0 atom stereocenters. The molecular weight excluding hydrogens is 374 g/mol. The number of anilines is 2. The molecular formula is C24H27N5O. The van der Waals surface area contributed by atoms with Gasteiger partial charge in [-0.2, -0.15) is 4.98 Å². The van der Waals surface area contributed by atoms with Crippen molar-refractivity contribution in [2.75, 3.05) is 24.1 Å². The van der Waals surface area contributed by atoms with E-state index >= 15 is 0 Å². The van der Waals surface area contributed by atoms with Gasteiger partial charge < -0.3 is 11.1 Å². The Kier molecular flexibility index (Phi) is 6.05. The van der Waals surface area contributed by atoms with Crippen molar-refractivity contribution in [3.05, 3.63) is 71.8 Å². The number of nitrogen functional groups attached to an aromatic ring is 1. The van der Waals surface area contributed by atoms with Crippen molar-refractivity contribution in [3.8, 4) is 11.3 Å². The summed E-state index contributed by atoms with van der Waals surface area (Å²) in [6, 6.07) is 20.3. The predicted octanol–water partition coefficient (Wildman–Crippen LogP) is 4.00.